The van der Waals surface area contributed by atoms with Crippen molar-refractivity contribution in [3.8, 4) is 0 Å². The van der Waals surface area contributed by atoms with Crippen LogP contribution in [0.1, 0.15) is 30.5 Å². The molecule has 1 aliphatic rings. The van der Waals surface area contributed by atoms with Gasteiger partial charge in [0.1, 0.15) is 0 Å². The highest BCUT2D eigenvalue weighted by molar-refractivity contribution is 4.96. The number of hydrogen-bond donors (Lipinski definition) is 1. The van der Waals surface area contributed by atoms with Gasteiger partial charge in [0.25, 0.3) is 0 Å². The van der Waals surface area contributed by atoms with E-state index in [1.165, 1.54) is 6.42 Å². The van der Waals surface area contributed by atoms with E-state index in [-0.39, 0.29) is 0 Å². The van der Waals surface area contributed by atoms with Gasteiger partial charge in [0.2, 0.25) is 5.89 Å². The van der Waals surface area contributed by atoms with Crippen LogP contribution < -0.4 is 5.32 Å². The average molecular weight is 210 g/mol. The minimum atomic E-state index is 0.405. The predicted octanol–water partition coefficient (Wildman–Crippen LogP) is 0.598. The Kier molecular flexibility index (Phi) is 3.33. The molecule has 15 heavy (non-hydrogen) atoms. The molecule has 0 unspecified atom stereocenters. The zero-order chi connectivity index (χ0) is 10.7. The van der Waals surface area contributed by atoms with Crippen molar-refractivity contribution >= 4 is 0 Å². The van der Waals surface area contributed by atoms with Gasteiger partial charge in [-0.05, 0) is 33.5 Å². The number of piperidine rings is 1. The summed E-state index contributed by atoms with van der Waals surface area (Å²) < 4.78 is 5.28. The summed E-state index contributed by atoms with van der Waals surface area (Å²) in [5.74, 6) is 1.97. The van der Waals surface area contributed by atoms with Gasteiger partial charge in [-0.25, -0.2) is 0 Å². The Morgan fingerprint density at radius 2 is 2.40 bits per heavy atom. The summed E-state index contributed by atoms with van der Waals surface area (Å²) in [6.45, 7) is 2.81. The largest absolute Gasteiger partial charge is 0.339 e. The Bertz CT molecular complexity index is 304. The Morgan fingerprint density at radius 1 is 1.53 bits per heavy atom. The second kappa shape index (κ2) is 4.72. The van der Waals surface area contributed by atoms with Crippen molar-refractivity contribution in [3.05, 3.63) is 11.7 Å². The Hall–Kier alpha value is -0.940. The minimum absolute atomic E-state index is 0.405. The SMILES string of the molecule is CN(C)Cc1noc([C@H]2CCCNC2)n1. The Labute approximate surface area is 89.8 Å². The molecular weight excluding hydrogens is 192 g/mol. The van der Waals surface area contributed by atoms with Gasteiger partial charge in [0, 0.05) is 6.54 Å². The molecule has 5 nitrogen and oxygen atoms in total. The van der Waals surface area contributed by atoms with E-state index in [4.69, 9.17) is 4.52 Å². The van der Waals surface area contributed by atoms with Crippen LogP contribution >= 0.6 is 0 Å². The fourth-order valence-electron chi connectivity index (χ4n) is 1.84. The lowest BCUT2D eigenvalue weighted by Crippen LogP contribution is -2.28. The summed E-state index contributed by atoms with van der Waals surface area (Å²) in [6, 6.07) is 0. The molecule has 1 saturated heterocycles. The van der Waals surface area contributed by atoms with Crippen LogP contribution in [0.15, 0.2) is 4.52 Å². The van der Waals surface area contributed by atoms with Crippen LogP contribution in [0.3, 0.4) is 0 Å². The summed E-state index contributed by atoms with van der Waals surface area (Å²) in [6.07, 6.45) is 2.34. The monoisotopic (exact) mass is 210 g/mol. The van der Waals surface area contributed by atoms with E-state index < -0.39 is 0 Å². The van der Waals surface area contributed by atoms with Crippen molar-refractivity contribution < 1.29 is 4.52 Å². The van der Waals surface area contributed by atoms with E-state index in [2.05, 4.69) is 15.5 Å². The molecule has 0 saturated carbocycles. The summed E-state index contributed by atoms with van der Waals surface area (Å²) in [7, 11) is 4.00. The molecule has 1 fully saturated rings. The van der Waals surface area contributed by atoms with Crippen LogP contribution in [-0.2, 0) is 6.54 Å². The molecule has 1 aliphatic heterocycles. The van der Waals surface area contributed by atoms with Gasteiger partial charge in [0.15, 0.2) is 5.82 Å². The summed E-state index contributed by atoms with van der Waals surface area (Å²) in [5, 5.41) is 7.32. The van der Waals surface area contributed by atoms with Crippen LogP contribution in [0.25, 0.3) is 0 Å². The van der Waals surface area contributed by atoms with Crippen LogP contribution in [0, 0.1) is 0 Å². The second-order valence-corrected chi connectivity index (χ2v) is 4.33. The molecule has 0 bridgehead atoms. The quantitative estimate of drug-likeness (QED) is 0.791. The lowest BCUT2D eigenvalue weighted by atomic mass is 10.00. The van der Waals surface area contributed by atoms with Gasteiger partial charge in [0.05, 0.1) is 12.5 Å². The third-order valence-electron chi connectivity index (χ3n) is 2.59. The number of nitrogens with zero attached hydrogens (tertiary/aromatic N) is 3. The van der Waals surface area contributed by atoms with Crippen molar-refractivity contribution in [1.29, 1.82) is 0 Å². The van der Waals surface area contributed by atoms with E-state index in [9.17, 15) is 0 Å². The molecule has 1 atom stereocenters. The van der Waals surface area contributed by atoms with Crippen LogP contribution in [0.2, 0.25) is 0 Å². The predicted molar refractivity (Wildman–Crippen MR) is 56.5 cm³/mol. The molecule has 0 radical (unpaired) electrons. The van der Waals surface area contributed by atoms with Crippen molar-refractivity contribution in [2.75, 3.05) is 27.2 Å². The van der Waals surface area contributed by atoms with Crippen molar-refractivity contribution in [3.63, 3.8) is 0 Å². The highest BCUT2D eigenvalue weighted by atomic mass is 16.5. The topological polar surface area (TPSA) is 54.2 Å². The van der Waals surface area contributed by atoms with Crippen LogP contribution in [-0.4, -0.2) is 42.2 Å². The molecule has 0 spiro atoms. The second-order valence-electron chi connectivity index (χ2n) is 4.33. The first-order chi connectivity index (χ1) is 7.25. The van der Waals surface area contributed by atoms with E-state index in [1.54, 1.807) is 0 Å². The lowest BCUT2D eigenvalue weighted by Gasteiger charge is -2.18. The fraction of sp³-hybridized carbons (Fsp3) is 0.800. The number of aromatic nitrogens is 2. The van der Waals surface area contributed by atoms with Crippen molar-refractivity contribution in [2.24, 2.45) is 0 Å². The third-order valence-corrected chi connectivity index (χ3v) is 2.59. The van der Waals surface area contributed by atoms with Gasteiger partial charge < -0.3 is 14.7 Å². The van der Waals surface area contributed by atoms with Crippen molar-refractivity contribution in [2.45, 2.75) is 25.3 Å². The average Bonchev–Trinajstić information content (AvgIpc) is 2.67. The van der Waals surface area contributed by atoms with Gasteiger partial charge in [-0.1, -0.05) is 5.16 Å². The van der Waals surface area contributed by atoms with E-state index >= 15 is 0 Å². The highest BCUT2D eigenvalue weighted by Gasteiger charge is 2.21. The number of hydrogen-bond acceptors (Lipinski definition) is 5. The van der Waals surface area contributed by atoms with E-state index in [1.807, 2.05) is 19.0 Å². The van der Waals surface area contributed by atoms with Crippen LogP contribution in [0.4, 0.5) is 0 Å². The maximum Gasteiger partial charge on any atom is 0.231 e. The fourth-order valence-corrected chi connectivity index (χ4v) is 1.84. The first kappa shape index (κ1) is 10.6. The molecule has 2 rings (SSSR count). The minimum Gasteiger partial charge on any atom is -0.339 e. The number of rotatable bonds is 3. The first-order valence-corrected chi connectivity index (χ1v) is 5.43. The molecule has 0 aromatic carbocycles. The van der Waals surface area contributed by atoms with Gasteiger partial charge >= 0.3 is 0 Å². The normalized spacial score (nSPS) is 22.2. The molecule has 1 aromatic heterocycles. The smallest absolute Gasteiger partial charge is 0.231 e. The molecule has 0 aliphatic carbocycles. The molecule has 84 valence electrons. The number of nitrogens with one attached hydrogen (secondary N) is 1. The molecule has 1 N–H and O–H groups in total. The molecule has 2 heterocycles. The lowest BCUT2D eigenvalue weighted by molar-refractivity contribution is 0.314. The van der Waals surface area contributed by atoms with Gasteiger partial charge in [-0.3, -0.25) is 0 Å². The Morgan fingerprint density at radius 3 is 3.07 bits per heavy atom. The molecular formula is C10H18N4O. The zero-order valence-electron chi connectivity index (χ0n) is 9.36. The maximum absolute atomic E-state index is 5.28. The highest BCUT2D eigenvalue weighted by Crippen LogP contribution is 2.21. The zero-order valence-corrected chi connectivity index (χ0v) is 9.36. The van der Waals surface area contributed by atoms with E-state index in [0.717, 1.165) is 37.8 Å². The molecule has 0 amide bonds. The standard InChI is InChI=1S/C10H18N4O/c1-14(2)7-9-12-10(15-13-9)8-4-3-5-11-6-8/h8,11H,3-7H2,1-2H3/t8-/m0/s1. The summed E-state index contributed by atoms with van der Waals surface area (Å²) in [4.78, 5) is 6.45. The van der Waals surface area contributed by atoms with Gasteiger partial charge in [-0.2, -0.15) is 4.98 Å². The summed E-state index contributed by atoms with van der Waals surface area (Å²) >= 11 is 0. The molecule has 5 heteroatoms. The molecule has 1 aromatic rings. The third kappa shape index (κ3) is 2.76. The maximum atomic E-state index is 5.28. The Balaban J connectivity index is 1.99. The van der Waals surface area contributed by atoms with Gasteiger partial charge in [-0.15, -0.1) is 0 Å². The van der Waals surface area contributed by atoms with Crippen molar-refractivity contribution in [1.82, 2.24) is 20.4 Å². The van der Waals surface area contributed by atoms with E-state index in [0.29, 0.717) is 5.92 Å². The summed E-state index contributed by atoms with van der Waals surface area (Å²) in [5.41, 5.74) is 0. The first-order valence-electron chi connectivity index (χ1n) is 5.43. The van der Waals surface area contributed by atoms with Crippen LogP contribution in [0.5, 0.6) is 0 Å².